The fourth-order valence-electron chi connectivity index (χ4n) is 5.73. The molecule has 146 valence electrons. The largest absolute Gasteiger partial charge is 0.507 e. The second kappa shape index (κ2) is 6.24. The van der Waals surface area contributed by atoms with Gasteiger partial charge in [-0.1, -0.05) is 42.5 Å². The molecule has 2 aromatic carbocycles. The molecule has 0 bridgehead atoms. The lowest BCUT2D eigenvalue weighted by Gasteiger charge is -2.46. The maximum Gasteiger partial charge on any atom is 0.347 e. The van der Waals surface area contributed by atoms with E-state index in [0.29, 0.717) is 23.5 Å². The van der Waals surface area contributed by atoms with Gasteiger partial charge in [0.2, 0.25) is 0 Å². The molecule has 29 heavy (non-hydrogen) atoms. The van der Waals surface area contributed by atoms with Crippen LogP contribution in [0.2, 0.25) is 0 Å². The molecule has 4 nitrogen and oxygen atoms in total. The standard InChI is InChI=1S/C25H23NO3/c27-24-21(25(28)29-17-8-2-1-3-9-17)12-20-18-10-4-6-15(18)13-26-14-16-7-5-11-19(16)22(24)23(20)26/h1-5,8-12,15-16,18-19,27H,6-7,13-14H2/t15-,16+,18-,19+/m1/s1. The maximum absolute atomic E-state index is 13.0. The first-order chi connectivity index (χ1) is 14.2. The Labute approximate surface area is 170 Å². The molecule has 0 saturated heterocycles. The Kier molecular flexibility index (Phi) is 3.64. The van der Waals surface area contributed by atoms with Crippen molar-refractivity contribution in [3.05, 3.63) is 77.4 Å². The molecule has 6 rings (SSSR count). The molecule has 4 aliphatic rings. The number of carbonyl (C=O) groups is 1. The minimum absolute atomic E-state index is 0.0938. The number of aromatic hydroxyl groups is 1. The summed E-state index contributed by atoms with van der Waals surface area (Å²) in [5.41, 5.74) is 3.52. The molecule has 0 amide bonds. The Morgan fingerprint density at radius 3 is 2.45 bits per heavy atom. The van der Waals surface area contributed by atoms with Crippen LogP contribution in [0.1, 0.15) is 46.2 Å². The number of ether oxygens (including phenoxy) is 1. The Hall–Kier alpha value is -3.01. The number of hydrogen-bond acceptors (Lipinski definition) is 4. The van der Waals surface area contributed by atoms with Crippen LogP contribution < -0.4 is 9.64 Å². The summed E-state index contributed by atoms with van der Waals surface area (Å²) in [6, 6.07) is 10.9. The summed E-state index contributed by atoms with van der Waals surface area (Å²) >= 11 is 0. The van der Waals surface area contributed by atoms with Crippen molar-refractivity contribution in [2.24, 2.45) is 11.8 Å². The third kappa shape index (κ3) is 2.48. The van der Waals surface area contributed by atoms with Crippen LogP contribution in [0.25, 0.3) is 0 Å². The molecular weight excluding hydrogens is 362 g/mol. The summed E-state index contributed by atoms with van der Waals surface area (Å²) in [5.74, 6) is 1.58. The highest BCUT2D eigenvalue weighted by atomic mass is 16.5. The van der Waals surface area contributed by atoms with Gasteiger partial charge in [0.1, 0.15) is 17.1 Å². The summed E-state index contributed by atoms with van der Waals surface area (Å²) in [6.45, 7) is 2.04. The number of benzene rings is 2. The van der Waals surface area contributed by atoms with Crippen LogP contribution >= 0.6 is 0 Å². The maximum atomic E-state index is 13.0. The minimum atomic E-state index is -0.493. The molecule has 2 heterocycles. The average molecular weight is 385 g/mol. The zero-order valence-electron chi connectivity index (χ0n) is 16.1. The van der Waals surface area contributed by atoms with Gasteiger partial charge in [0, 0.05) is 36.2 Å². The molecule has 0 radical (unpaired) electrons. The van der Waals surface area contributed by atoms with Crippen molar-refractivity contribution in [3.63, 3.8) is 0 Å². The predicted octanol–water partition coefficient (Wildman–Crippen LogP) is 4.76. The third-order valence-electron chi connectivity index (χ3n) is 7.01. The monoisotopic (exact) mass is 385 g/mol. The average Bonchev–Trinajstić information content (AvgIpc) is 3.39. The molecule has 0 unspecified atom stereocenters. The van der Waals surface area contributed by atoms with E-state index in [-0.39, 0.29) is 17.2 Å². The second-order valence-electron chi connectivity index (χ2n) is 8.63. The number of fused-ring (bicyclic) bond motifs is 4. The molecule has 2 aliphatic heterocycles. The molecule has 0 saturated carbocycles. The number of nitrogens with zero attached hydrogens (tertiary/aromatic N) is 1. The number of rotatable bonds is 2. The molecule has 2 aliphatic carbocycles. The number of anilines is 1. The van der Waals surface area contributed by atoms with Crippen LogP contribution in [0.4, 0.5) is 5.69 Å². The molecule has 1 N–H and O–H groups in total. The lowest BCUT2D eigenvalue weighted by molar-refractivity contribution is 0.0731. The van der Waals surface area contributed by atoms with E-state index < -0.39 is 5.97 Å². The van der Waals surface area contributed by atoms with Gasteiger partial charge in [0.15, 0.2) is 0 Å². The van der Waals surface area contributed by atoms with Crippen molar-refractivity contribution >= 4 is 11.7 Å². The van der Waals surface area contributed by atoms with Gasteiger partial charge < -0.3 is 14.7 Å². The summed E-state index contributed by atoms with van der Waals surface area (Å²) in [4.78, 5) is 15.5. The van der Waals surface area contributed by atoms with E-state index in [1.807, 2.05) is 24.3 Å². The fraction of sp³-hybridized carbons (Fsp3) is 0.320. The molecule has 0 fully saturated rings. The van der Waals surface area contributed by atoms with E-state index in [4.69, 9.17) is 4.74 Å². The van der Waals surface area contributed by atoms with Gasteiger partial charge in [-0.2, -0.15) is 0 Å². The van der Waals surface area contributed by atoms with Crippen molar-refractivity contribution in [1.82, 2.24) is 0 Å². The first kappa shape index (κ1) is 16.9. The quantitative estimate of drug-likeness (QED) is 0.460. The first-order valence-electron chi connectivity index (χ1n) is 10.5. The predicted molar refractivity (Wildman–Crippen MR) is 112 cm³/mol. The number of hydrogen-bond donors (Lipinski definition) is 1. The summed E-state index contributed by atoms with van der Waals surface area (Å²) in [6.07, 6.45) is 11.1. The van der Waals surface area contributed by atoms with Crippen LogP contribution in [0.5, 0.6) is 11.5 Å². The number of phenols is 1. The number of esters is 1. The summed E-state index contributed by atoms with van der Waals surface area (Å²) < 4.78 is 5.59. The highest BCUT2D eigenvalue weighted by molar-refractivity contribution is 5.96. The lowest BCUT2D eigenvalue weighted by Crippen LogP contribution is -2.44. The van der Waals surface area contributed by atoms with E-state index in [2.05, 4.69) is 29.2 Å². The highest BCUT2D eigenvalue weighted by Gasteiger charge is 2.44. The van der Waals surface area contributed by atoms with Crippen LogP contribution in [0.3, 0.4) is 0 Å². The normalized spacial score (nSPS) is 28.1. The van der Waals surface area contributed by atoms with Crippen LogP contribution in [-0.2, 0) is 0 Å². The van der Waals surface area contributed by atoms with Crippen molar-refractivity contribution in [3.8, 4) is 11.5 Å². The zero-order chi connectivity index (χ0) is 19.5. The Bertz CT molecular complexity index is 1050. The summed E-state index contributed by atoms with van der Waals surface area (Å²) in [7, 11) is 0. The topological polar surface area (TPSA) is 49.8 Å². The van der Waals surface area contributed by atoms with Crippen LogP contribution in [0, 0.1) is 11.8 Å². The first-order valence-corrected chi connectivity index (χ1v) is 10.5. The fourth-order valence-corrected chi connectivity index (χ4v) is 5.73. The Morgan fingerprint density at radius 2 is 1.69 bits per heavy atom. The van der Waals surface area contributed by atoms with E-state index in [1.54, 1.807) is 12.1 Å². The van der Waals surface area contributed by atoms with E-state index >= 15 is 0 Å². The molecule has 4 atom stereocenters. The van der Waals surface area contributed by atoms with Crippen molar-refractivity contribution in [2.75, 3.05) is 18.0 Å². The van der Waals surface area contributed by atoms with Crippen LogP contribution in [-0.4, -0.2) is 24.2 Å². The SMILES string of the molecule is O=C(Oc1ccccc1)c1cc2c3c(c1O)[C@H]1C=CC[C@H]1CN3C[C@H]1CC=C[C@@H]21. The van der Waals surface area contributed by atoms with Crippen molar-refractivity contribution in [2.45, 2.75) is 24.7 Å². The summed E-state index contributed by atoms with van der Waals surface area (Å²) in [5, 5.41) is 11.3. The lowest BCUT2D eigenvalue weighted by atomic mass is 9.74. The molecule has 2 aromatic rings. The Morgan fingerprint density at radius 1 is 1.00 bits per heavy atom. The smallest absolute Gasteiger partial charge is 0.347 e. The van der Waals surface area contributed by atoms with E-state index in [9.17, 15) is 9.90 Å². The highest BCUT2D eigenvalue weighted by Crippen LogP contribution is 2.56. The Balaban J connectivity index is 1.51. The molecule has 0 aromatic heterocycles. The second-order valence-corrected chi connectivity index (χ2v) is 8.63. The van der Waals surface area contributed by atoms with Gasteiger partial charge in [-0.05, 0) is 48.4 Å². The number of para-hydroxylation sites is 1. The van der Waals surface area contributed by atoms with E-state index in [1.165, 1.54) is 5.56 Å². The van der Waals surface area contributed by atoms with Gasteiger partial charge in [-0.25, -0.2) is 4.79 Å². The molecular formula is C25H23NO3. The molecule has 0 spiro atoms. The van der Waals surface area contributed by atoms with Crippen LogP contribution in [0.15, 0.2) is 60.7 Å². The van der Waals surface area contributed by atoms with Crippen molar-refractivity contribution in [1.29, 1.82) is 0 Å². The minimum Gasteiger partial charge on any atom is -0.507 e. The van der Waals surface area contributed by atoms with Gasteiger partial charge >= 0.3 is 5.97 Å². The van der Waals surface area contributed by atoms with E-state index in [0.717, 1.165) is 37.2 Å². The van der Waals surface area contributed by atoms with Gasteiger partial charge in [0.25, 0.3) is 0 Å². The van der Waals surface area contributed by atoms with Gasteiger partial charge in [-0.3, -0.25) is 0 Å². The van der Waals surface area contributed by atoms with Gasteiger partial charge in [0.05, 0.1) is 0 Å². The molecule has 4 heteroatoms. The number of carbonyl (C=O) groups excluding carboxylic acids is 1. The zero-order valence-corrected chi connectivity index (χ0v) is 16.1. The van der Waals surface area contributed by atoms with Crippen molar-refractivity contribution < 1.29 is 14.6 Å². The number of phenolic OH excluding ortho intramolecular Hbond substituents is 1. The number of allylic oxidation sites excluding steroid dienone is 4. The third-order valence-corrected chi connectivity index (χ3v) is 7.01. The van der Waals surface area contributed by atoms with Gasteiger partial charge in [-0.15, -0.1) is 0 Å².